The maximum absolute atomic E-state index is 12.1. The Labute approximate surface area is 107 Å². The summed E-state index contributed by atoms with van der Waals surface area (Å²) in [5.41, 5.74) is 3.71. The molecule has 0 heterocycles. The summed E-state index contributed by atoms with van der Waals surface area (Å²) in [4.78, 5) is 22.6. The maximum Gasteiger partial charge on any atom is 0.306 e. The molecule has 5 N–H and O–H groups in total. The average Bonchev–Trinajstić information content (AvgIpc) is 2.74. The zero-order chi connectivity index (χ0) is 13.8. The lowest BCUT2D eigenvalue weighted by atomic mass is 9.85. The second-order valence-electron chi connectivity index (χ2n) is 5.44. The molecule has 1 unspecified atom stereocenters. The average molecular weight is 258 g/mol. The highest BCUT2D eigenvalue weighted by molar-refractivity contribution is 5.83. The van der Waals surface area contributed by atoms with Crippen LogP contribution in [0.4, 0.5) is 0 Å². The van der Waals surface area contributed by atoms with Crippen LogP contribution in [0.5, 0.6) is 0 Å². The molecule has 1 aliphatic carbocycles. The van der Waals surface area contributed by atoms with Gasteiger partial charge in [-0.15, -0.1) is 0 Å². The van der Waals surface area contributed by atoms with E-state index in [-0.39, 0.29) is 12.5 Å². The van der Waals surface area contributed by atoms with Crippen LogP contribution in [0.2, 0.25) is 0 Å². The van der Waals surface area contributed by atoms with E-state index < -0.39 is 23.4 Å². The summed E-state index contributed by atoms with van der Waals surface area (Å²) in [7, 11) is 0. The Morgan fingerprint density at radius 1 is 1.39 bits per heavy atom. The van der Waals surface area contributed by atoms with Crippen LogP contribution in [0.15, 0.2) is 0 Å². The van der Waals surface area contributed by atoms with Crippen molar-refractivity contribution < 1.29 is 19.8 Å². The molecule has 6 heteroatoms. The van der Waals surface area contributed by atoms with Crippen LogP contribution in [0.3, 0.4) is 0 Å². The molecule has 0 aromatic rings. The molecule has 1 amide bonds. The van der Waals surface area contributed by atoms with Gasteiger partial charge in [0.1, 0.15) is 0 Å². The first-order valence-corrected chi connectivity index (χ1v) is 6.24. The monoisotopic (exact) mass is 258 g/mol. The predicted molar refractivity (Wildman–Crippen MR) is 65.8 cm³/mol. The highest BCUT2D eigenvalue weighted by Gasteiger charge is 2.40. The van der Waals surface area contributed by atoms with Gasteiger partial charge in [-0.2, -0.15) is 0 Å². The summed E-state index contributed by atoms with van der Waals surface area (Å²) in [6.45, 7) is 1.62. The number of nitrogens with two attached hydrogens (primary N) is 1. The van der Waals surface area contributed by atoms with Crippen LogP contribution in [-0.2, 0) is 9.59 Å². The normalized spacial score (nSPS) is 21.3. The molecule has 0 aliphatic heterocycles. The number of carbonyl (C=O) groups excluding carboxylic acids is 1. The van der Waals surface area contributed by atoms with Crippen molar-refractivity contribution in [2.24, 2.45) is 11.1 Å². The molecule has 1 aliphatic rings. The van der Waals surface area contributed by atoms with Crippen molar-refractivity contribution in [3.8, 4) is 0 Å². The second kappa shape index (κ2) is 5.67. The number of carboxylic acid groups (broad SMARTS) is 1. The number of aliphatic hydroxyl groups is 1. The van der Waals surface area contributed by atoms with E-state index in [1.165, 1.54) is 6.92 Å². The van der Waals surface area contributed by atoms with Gasteiger partial charge in [-0.05, 0) is 19.8 Å². The number of carbonyl (C=O) groups is 2. The lowest BCUT2D eigenvalue weighted by Crippen LogP contribution is -2.49. The summed E-state index contributed by atoms with van der Waals surface area (Å²) in [5.74, 6) is -1.27. The zero-order valence-electron chi connectivity index (χ0n) is 10.7. The molecule has 1 rings (SSSR count). The van der Waals surface area contributed by atoms with Crippen molar-refractivity contribution in [3.63, 3.8) is 0 Å². The summed E-state index contributed by atoms with van der Waals surface area (Å²) in [6.07, 6.45) is 3.09. The summed E-state index contributed by atoms with van der Waals surface area (Å²) < 4.78 is 0. The molecule has 6 nitrogen and oxygen atoms in total. The minimum absolute atomic E-state index is 0.0696. The fraction of sp³-hybridized carbons (Fsp3) is 0.833. The van der Waals surface area contributed by atoms with E-state index in [1.807, 2.05) is 0 Å². The van der Waals surface area contributed by atoms with E-state index in [2.05, 4.69) is 5.32 Å². The molecule has 0 aromatic carbocycles. The van der Waals surface area contributed by atoms with Crippen molar-refractivity contribution in [2.45, 2.75) is 44.6 Å². The largest absolute Gasteiger partial charge is 0.481 e. The van der Waals surface area contributed by atoms with Crippen LogP contribution in [-0.4, -0.2) is 40.8 Å². The number of carboxylic acids is 1. The third kappa shape index (κ3) is 3.68. The molecule has 18 heavy (non-hydrogen) atoms. The Hall–Kier alpha value is -1.14. The number of rotatable bonds is 6. The molecular weight excluding hydrogens is 236 g/mol. The van der Waals surface area contributed by atoms with Gasteiger partial charge in [0.25, 0.3) is 0 Å². The molecule has 0 radical (unpaired) electrons. The SMILES string of the molecule is CC(O)(CNC(=O)C1(CN)CCCC1)CC(=O)O. The Balaban J connectivity index is 2.52. The Morgan fingerprint density at radius 2 is 1.94 bits per heavy atom. The first kappa shape index (κ1) is 14.9. The molecule has 1 saturated carbocycles. The van der Waals surface area contributed by atoms with Crippen LogP contribution in [0, 0.1) is 5.41 Å². The van der Waals surface area contributed by atoms with Crippen LogP contribution >= 0.6 is 0 Å². The third-order valence-corrected chi connectivity index (χ3v) is 3.59. The highest BCUT2D eigenvalue weighted by atomic mass is 16.4. The molecule has 0 saturated heterocycles. The first-order chi connectivity index (χ1) is 8.31. The molecule has 1 fully saturated rings. The van der Waals surface area contributed by atoms with Crippen molar-refractivity contribution in [3.05, 3.63) is 0 Å². The van der Waals surface area contributed by atoms with Gasteiger partial charge in [-0.25, -0.2) is 0 Å². The lowest BCUT2D eigenvalue weighted by Gasteiger charge is -2.28. The second-order valence-corrected chi connectivity index (χ2v) is 5.44. The van der Waals surface area contributed by atoms with Gasteiger partial charge in [0.2, 0.25) is 5.91 Å². The number of hydrogen-bond acceptors (Lipinski definition) is 4. The Kier molecular flexibility index (Phi) is 4.70. The minimum atomic E-state index is -1.43. The fourth-order valence-electron chi connectivity index (χ4n) is 2.42. The number of hydrogen-bond donors (Lipinski definition) is 4. The van der Waals surface area contributed by atoms with Gasteiger partial charge < -0.3 is 21.3 Å². The van der Waals surface area contributed by atoms with Crippen molar-refractivity contribution in [2.75, 3.05) is 13.1 Å². The molecule has 0 bridgehead atoms. The van der Waals surface area contributed by atoms with Crippen molar-refractivity contribution >= 4 is 11.9 Å². The number of nitrogens with one attached hydrogen (secondary N) is 1. The highest BCUT2D eigenvalue weighted by Crippen LogP contribution is 2.37. The van der Waals surface area contributed by atoms with Crippen molar-refractivity contribution in [1.82, 2.24) is 5.32 Å². The van der Waals surface area contributed by atoms with E-state index in [0.717, 1.165) is 25.7 Å². The predicted octanol–water partition coefficient (Wildman–Crippen LogP) is -0.153. The van der Waals surface area contributed by atoms with Gasteiger partial charge in [-0.3, -0.25) is 9.59 Å². The van der Waals surface area contributed by atoms with E-state index in [0.29, 0.717) is 6.54 Å². The summed E-state index contributed by atoms with van der Waals surface area (Å²) >= 11 is 0. The van der Waals surface area contributed by atoms with Crippen LogP contribution in [0.25, 0.3) is 0 Å². The summed E-state index contributed by atoms with van der Waals surface area (Å²) in [6, 6.07) is 0. The van der Waals surface area contributed by atoms with Gasteiger partial charge in [-0.1, -0.05) is 12.8 Å². The smallest absolute Gasteiger partial charge is 0.306 e. The van der Waals surface area contributed by atoms with E-state index >= 15 is 0 Å². The van der Waals surface area contributed by atoms with Crippen LogP contribution in [0.1, 0.15) is 39.0 Å². The van der Waals surface area contributed by atoms with E-state index in [4.69, 9.17) is 10.8 Å². The number of amides is 1. The third-order valence-electron chi connectivity index (χ3n) is 3.59. The van der Waals surface area contributed by atoms with Crippen LogP contribution < -0.4 is 11.1 Å². The standard InChI is InChI=1S/C12H22N2O4/c1-11(18,6-9(15)16)8-14-10(17)12(7-13)4-2-3-5-12/h18H,2-8,13H2,1H3,(H,14,17)(H,15,16). The van der Waals surface area contributed by atoms with Gasteiger partial charge >= 0.3 is 5.97 Å². The fourth-order valence-corrected chi connectivity index (χ4v) is 2.42. The molecule has 104 valence electrons. The quantitative estimate of drug-likeness (QED) is 0.529. The number of aliphatic carboxylic acids is 1. The Bertz CT molecular complexity index is 322. The maximum atomic E-state index is 12.1. The molecule has 0 aromatic heterocycles. The Morgan fingerprint density at radius 3 is 2.39 bits per heavy atom. The zero-order valence-corrected chi connectivity index (χ0v) is 10.7. The molecule has 1 atom stereocenters. The molecule has 0 spiro atoms. The topological polar surface area (TPSA) is 113 Å². The van der Waals surface area contributed by atoms with Gasteiger partial charge in [0.15, 0.2) is 0 Å². The summed E-state index contributed by atoms with van der Waals surface area (Å²) in [5, 5.41) is 21.1. The minimum Gasteiger partial charge on any atom is -0.481 e. The van der Waals surface area contributed by atoms with E-state index in [9.17, 15) is 14.7 Å². The van der Waals surface area contributed by atoms with E-state index in [1.54, 1.807) is 0 Å². The first-order valence-electron chi connectivity index (χ1n) is 6.24. The van der Waals surface area contributed by atoms with Gasteiger partial charge in [0.05, 0.1) is 17.4 Å². The van der Waals surface area contributed by atoms with Gasteiger partial charge in [0, 0.05) is 13.1 Å². The molecular formula is C12H22N2O4. The lowest BCUT2D eigenvalue weighted by molar-refractivity contribution is -0.143. The van der Waals surface area contributed by atoms with Crippen molar-refractivity contribution in [1.29, 1.82) is 0 Å².